The number of aromatic nitrogens is 2. The first-order valence-electron chi connectivity index (χ1n) is 5.11. The fraction of sp³-hybridized carbons (Fsp3) is 0.273. The second-order valence-electron chi connectivity index (χ2n) is 3.58. The highest BCUT2D eigenvalue weighted by Gasteiger charge is 2.10. The molecule has 0 saturated carbocycles. The first-order chi connectivity index (χ1) is 8.15. The highest BCUT2D eigenvalue weighted by molar-refractivity contribution is 7.98. The fourth-order valence-corrected chi connectivity index (χ4v) is 2.06. The van der Waals surface area contributed by atoms with Gasteiger partial charge in [0.25, 0.3) is 0 Å². The third-order valence-corrected chi connectivity index (χ3v) is 3.31. The maximum absolute atomic E-state index is 5.80. The number of rotatable bonds is 4. The van der Waals surface area contributed by atoms with E-state index in [4.69, 9.17) is 21.9 Å². The lowest BCUT2D eigenvalue weighted by Crippen LogP contribution is -2.05. The molecule has 2 N–H and O–H groups in total. The highest BCUT2D eigenvalue weighted by Crippen LogP contribution is 2.23. The maximum atomic E-state index is 5.80. The number of nitrogens with two attached hydrogens (primary N) is 1. The van der Waals surface area contributed by atoms with Crippen molar-refractivity contribution in [2.75, 3.05) is 0 Å². The van der Waals surface area contributed by atoms with Crippen LogP contribution in [0.3, 0.4) is 0 Å². The third kappa shape index (κ3) is 3.46. The van der Waals surface area contributed by atoms with Gasteiger partial charge in [0.2, 0.25) is 5.89 Å². The average Bonchev–Trinajstić information content (AvgIpc) is 2.77. The molecule has 0 fully saturated rings. The Kier molecular flexibility index (Phi) is 4.04. The van der Waals surface area contributed by atoms with E-state index >= 15 is 0 Å². The number of thioether (sulfide) groups is 1. The summed E-state index contributed by atoms with van der Waals surface area (Å²) in [6.45, 7) is 1.81. The normalized spacial score (nSPS) is 12.6. The van der Waals surface area contributed by atoms with E-state index < -0.39 is 0 Å². The van der Waals surface area contributed by atoms with Crippen molar-refractivity contribution >= 4 is 23.4 Å². The summed E-state index contributed by atoms with van der Waals surface area (Å²) in [5.74, 6) is 1.77. The van der Waals surface area contributed by atoms with Crippen LogP contribution in [0.1, 0.15) is 24.7 Å². The van der Waals surface area contributed by atoms with Crippen molar-refractivity contribution in [1.29, 1.82) is 0 Å². The molecule has 1 aromatic heterocycles. The molecule has 0 aliphatic heterocycles. The van der Waals surface area contributed by atoms with Gasteiger partial charge in [0, 0.05) is 9.92 Å². The smallest absolute Gasteiger partial charge is 0.243 e. The molecule has 4 nitrogen and oxygen atoms in total. The Morgan fingerprint density at radius 3 is 2.71 bits per heavy atom. The summed E-state index contributed by atoms with van der Waals surface area (Å²) in [6.07, 6.45) is 0. The lowest BCUT2D eigenvalue weighted by atomic mass is 10.4. The molecule has 0 amide bonds. The Morgan fingerprint density at radius 1 is 1.41 bits per heavy atom. The number of halogens is 1. The van der Waals surface area contributed by atoms with Gasteiger partial charge >= 0.3 is 0 Å². The molecule has 0 saturated heterocycles. The molecule has 0 aliphatic rings. The predicted molar refractivity (Wildman–Crippen MR) is 67.9 cm³/mol. The minimum absolute atomic E-state index is 0.225. The van der Waals surface area contributed by atoms with E-state index in [2.05, 4.69) is 10.1 Å². The van der Waals surface area contributed by atoms with Gasteiger partial charge in [-0.3, -0.25) is 0 Å². The summed E-state index contributed by atoms with van der Waals surface area (Å²) >= 11 is 7.43. The summed E-state index contributed by atoms with van der Waals surface area (Å²) in [5.41, 5.74) is 5.63. The summed E-state index contributed by atoms with van der Waals surface area (Å²) < 4.78 is 5.01. The molecule has 1 atom stereocenters. The Bertz CT molecular complexity index is 484. The van der Waals surface area contributed by atoms with Gasteiger partial charge in [-0.1, -0.05) is 16.8 Å². The second kappa shape index (κ2) is 5.53. The van der Waals surface area contributed by atoms with Gasteiger partial charge < -0.3 is 10.3 Å². The van der Waals surface area contributed by atoms with Gasteiger partial charge in [-0.05, 0) is 31.2 Å². The third-order valence-electron chi connectivity index (χ3n) is 2.05. The molecule has 17 heavy (non-hydrogen) atoms. The van der Waals surface area contributed by atoms with E-state index in [0.717, 1.165) is 9.92 Å². The summed E-state index contributed by atoms with van der Waals surface area (Å²) in [5, 5.41) is 4.59. The van der Waals surface area contributed by atoms with Gasteiger partial charge in [0.05, 0.1) is 11.8 Å². The van der Waals surface area contributed by atoms with Crippen LogP contribution in [0.5, 0.6) is 0 Å². The lowest BCUT2D eigenvalue weighted by molar-refractivity contribution is 0.358. The molecule has 0 bridgehead atoms. The SMILES string of the molecule is CC(N)c1nc(CSc2ccc(Cl)cc2)no1. The molecule has 2 rings (SSSR count). The zero-order valence-corrected chi connectivity index (χ0v) is 10.8. The Hall–Kier alpha value is -1.04. The van der Waals surface area contributed by atoms with Crippen molar-refractivity contribution in [2.45, 2.75) is 23.6 Å². The molecular formula is C11H12ClN3OS. The van der Waals surface area contributed by atoms with Crippen molar-refractivity contribution in [3.63, 3.8) is 0 Å². The van der Waals surface area contributed by atoms with E-state index in [1.807, 2.05) is 31.2 Å². The molecule has 1 heterocycles. The minimum atomic E-state index is -0.225. The first kappa shape index (κ1) is 12.4. The van der Waals surface area contributed by atoms with Crippen LogP contribution in [-0.2, 0) is 5.75 Å². The molecule has 0 radical (unpaired) electrons. The standard InChI is InChI=1S/C11H12ClN3OS/c1-7(13)11-14-10(15-16-11)6-17-9-4-2-8(12)3-5-9/h2-5,7H,6,13H2,1H3. The van der Waals surface area contributed by atoms with Crippen LogP contribution in [0.2, 0.25) is 5.02 Å². The number of hydrogen-bond acceptors (Lipinski definition) is 5. The number of benzene rings is 1. The maximum Gasteiger partial charge on any atom is 0.243 e. The Morgan fingerprint density at radius 2 is 2.12 bits per heavy atom. The number of nitrogens with zero attached hydrogens (tertiary/aromatic N) is 2. The van der Waals surface area contributed by atoms with Crippen LogP contribution in [0.4, 0.5) is 0 Å². The van der Waals surface area contributed by atoms with Crippen LogP contribution in [0.25, 0.3) is 0 Å². The molecule has 6 heteroatoms. The van der Waals surface area contributed by atoms with Gasteiger partial charge in [-0.25, -0.2) is 0 Å². The van der Waals surface area contributed by atoms with E-state index in [9.17, 15) is 0 Å². The topological polar surface area (TPSA) is 64.9 Å². The van der Waals surface area contributed by atoms with Crippen molar-refractivity contribution in [1.82, 2.24) is 10.1 Å². The van der Waals surface area contributed by atoms with E-state index in [1.54, 1.807) is 11.8 Å². The van der Waals surface area contributed by atoms with Crippen molar-refractivity contribution < 1.29 is 4.52 Å². The highest BCUT2D eigenvalue weighted by atomic mass is 35.5. The van der Waals surface area contributed by atoms with Crippen LogP contribution in [0.15, 0.2) is 33.7 Å². The Balaban J connectivity index is 1.95. The molecule has 0 spiro atoms. The van der Waals surface area contributed by atoms with Gasteiger partial charge in [0.15, 0.2) is 5.82 Å². The summed E-state index contributed by atoms with van der Waals surface area (Å²) in [7, 11) is 0. The van der Waals surface area contributed by atoms with Gasteiger partial charge in [-0.2, -0.15) is 4.98 Å². The monoisotopic (exact) mass is 269 g/mol. The van der Waals surface area contributed by atoms with Crippen molar-refractivity contribution in [3.8, 4) is 0 Å². The minimum Gasteiger partial charge on any atom is -0.338 e. The zero-order chi connectivity index (χ0) is 12.3. The molecule has 0 aliphatic carbocycles. The summed E-state index contributed by atoms with van der Waals surface area (Å²) in [4.78, 5) is 5.31. The quantitative estimate of drug-likeness (QED) is 0.865. The second-order valence-corrected chi connectivity index (χ2v) is 5.07. The first-order valence-corrected chi connectivity index (χ1v) is 6.48. The predicted octanol–water partition coefficient (Wildman–Crippen LogP) is 3.04. The molecule has 1 unspecified atom stereocenters. The van der Waals surface area contributed by atoms with Crippen LogP contribution in [-0.4, -0.2) is 10.1 Å². The van der Waals surface area contributed by atoms with E-state index in [0.29, 0.717) is 17.5 Å². The van der Waals surface area contributed by atoms with Crippen molar-refractivity contribution in [3.05, 3.63) is 41.0 Å². The van der Waals surface area contributed by atoms with Crippen LogP contribution >= 0.6 is 23.4 Å². The average molecular weight is 270 g/mol. The van der Waals surface area contributed by atoms with Crippen LogP contribution < -0.4 is 5.73 Å². The van der Waals surface area contributed by atoms with E-state index in [1.165, 1.54) is 0 Å². The van der Waals surface area contributed by atoms with Crippen molar-refractivity contribution in [2.24, 2.45) is 5.73 Å². The molecule has 90 valence electrons. The Labute approximate surface area is 109 Å². The van der Waals surface area contributed by atoms with Gasteiger partial charge in [-0.15, -0.1) is 11.8 Å². The molecular weight excluding hydrogens is 258 g/mol. The van der Waals surface area contributed by atoms with Crippen LogP contribution in [0, 0.1) is 0 Å². The largest absolute Gasteiger partial charge is 0.338 e. The van der Waals surface area contributed by atoms with E-state index in [-0.39, 0.29) is 6.04 Å². The molecule has 2 aromatic rings. The molecule has 1 aromatic carbocycles. The summed E-state index contributed by atoms with van der Waals surface area (Å²) in [6, 6.07) is 7.40. The fourth-order valence-electron chi connectivity index (χ4n) is 1.19. The number of hydrogen-bond donors (Lipinski definition) is 1. The van der Waals surface area contributed by atoms with Gasteiger partial charge in [0.1, 0.15) is 0 Å². The lowest BCUT2D eigenvalue weighted by Gasteiger charge is -1.98. The zero-order valence-electron chi connectivity index (χ0n) is 9.26.